The number of nitrogens with zero attached hydrogens (tertiary/aromatic N) is 2. The van der Waals surface area contributed by atoms with E-state index in [0.29, 0.717) is 18.8 Å². The molecule has 1 aliphatic rings. The molecule has 0 aromatic heterocycles. The van der Waals surface area contributed by atoms with E-state index in [1.54, 1.807) is 6.92 Å². The first-order chi connectivity index (χ1) is 9.98. The standard InChI is InChI=1S/C14H21FN2O3S/c1-2-17(14-7-5-13(15)6-8-14)21(19,20)16-9-3-4-12(10-16)11-18/h5-8,12,18H,2-4,9-11H2,1H3. The van der Waals surface area contributed by atoms with E-state index < -0.39 is 16.0 Å². The molecule has 1 saturated heterocycles. The maximum Gasteiger partial charge on any atom is 0.304 e. The zero-order chi connectivity index (χ0) is 15.5. The van der Waals surface area contributed by atoms with E-state index in [0.717, 1.165) is 12.8 Å². The van der Waals surface area contributed by atoms with Crippen LogP contribution in [0.5, 0.6) is 0 Å². The molecule has 2 rings (SSSR count). The third-order valence-electron chi connectivity index (χ3n) is 3.75. The highest BCUT2D eigenvalue weighted by atomic mass is 32.2. The molecule has 21 heavy (non-hydrogen) atoms. The Kier molecular flexibility index (Phi) is 5.18. The lowest BCUT2D eigenvalue weighted by molar-refractivity contribution is 0.165. The number of benzene rings is 1. The Morgan fingerprint density at radius 2 is 2.05 bits per heavy atom. The molecule has 1 heterocycles. The Morgan fingerprint density at radius 3 is 2.62 bits per heavy atom. The largest absolute Gasteiger partial charge is 0.396 e. The van der Waals surface area contributed by atoms with Crippen LogP contribution in [-0.4, -0.2) is 44.1 Å². The maximum atomic E-state index is 13.0. The van der Waals surface area contributed by atoms with Crippen molar-refractivity contribution in [2.45, 2.75) is 19.8 Å². The average Bonchev–Trinajstić information content (AvgIpc) is 2.50. The van der Waals surface area contributed by atoms with Gasteiger partial charge in [0.2, 0.25) is 0 Å². The van der Waals surface area contributed by atoms with Crippen molar-refractivity contribution in [2.24, 2.45) is 5.92 Å². The molecule has 0 amide bonds. The van der Waals surface area contributed by atoms with Gasteiger partial charge in [-0.3, -0.25) is 4.31 Å². The van der Waals surface area contributed by atoms with Crippen LogP contribution in [0.15, 0.2) is 24.3 Å². The highest BCUT2D eigenvalue weighted by molar-refractivity contribution is 7.90. The second kappa shape index (κ2) is 6.72. The van der Waals surface area contributed by atoms with Gasteiger partial charge in [-0.05, 0) is 49.9 Å². The van der Waals surface area contributed by atoms with Gasteiger partial charge in [0.1, 0.15) is 5.82 Å². The van der Waals surface area contributed by atoms with E-state index in [1.165, 1.54) is 32.9 Å². The highest BCUT2D eigenvalue weighted by Gasteiger charge is 2.33. The van der Waals surface area contributed by atoms with Gasteiger partial charge in [-0.15, -0.1) is 0 Å². The first-order valence-corrected chi connectivity index (χ1v) is 8.53. The van der Waals surface area contributed by atoms with Crippen molar-refractivity contribution in [3.05, 3.63) is 30.1 Å². The van der Waals surface area contributed by atoms with Crippen LogP contribution in [0.1, 0.15) is 19.8 Å². The predicted octanol–water partition coefficient (Wildman–Crippen LogP) is 1.60. The Balaban J connectivity index is 2.25. The minimum atomic E-state index is -3.65. The van der Waals surface area contributed by atoms with Gasteiger partial charge < -0.3 is 5.11 Å². The van der Waals surface area contributed by atoms with Crippen molar-refractivity contribution in [3.63, 3.8) is 0 Å². The second-order valence-corrected chi connectivity index (χ2v) is 7.05. The number of hydrogen-bond donors (Lipinski definition) is 1. The lowest BCUT2D eigenvalue weighted by atomic mass is 10.0. The fourth-order valence-corrected chi connectivity index (χ4v) is 4.36. The summed E-state index contributed by atoms with van der Waals surface area (Å²) in [6.45, 7) is 2.80. The number of aliphatic hydroxyl groups is 1. The lowest BCUT2D eigenvalue weighted by Crippen LogP contribution is -2.48. The van der Waals surface area contributed by atoms with E-state index >= 15 is 0 Å². The van der Waals surface area contributed by atoms with Crippen molar-refractivity contribution in [3.8, 4) is 0 Å². The van der Waals surface area contributed by atoms with Gasteiger partial charge >= 0.3 is 10.2 Å². The molecule has 0 radical (unpaired) electrons. The fraction of sp³-hybridized carbons (Fsp3) is 0.571. The Morgan fingerprint density at radius 1 is 1.38 bits per heavy atom. The first kappa shape index (κ1) is 16.2. The van der Waals surface area contributed by atoms with Crippen LogP contribution in [0.3, 0.4) is 0 Å². The van der Waals surface area contributed by atoms with Crippen LogP contribution in [0.2, 0.25) is 0 Å². The van der Waals surface area contributed by atoms with E-state index in [1.807, 2.05) is 0 Å². The predicted molar refractivity (Wildman–Crippen MR) is 79.7 cm³/mol. The van der Waals surface area contributed by atoms with Crippen molar-refractivity contribution in [1.29, 1.82) is 0 Å². The smallest absolute Gasteiger partial charge is 0.304 e. The van der Waals surface area contributed by atoms with Crippen molar-refractivity contribution >= 4 is 15.9 Å². The average molecular weight is 316 g/mol. The summed E-state index contributed by atoms with van der Waals surface area (Å²) >= 11 is 0. The van der Waals surface area contributed by atoms with Crippen molar-refractivity contribution in [2.75, 3.05) is 30.5 Å². The summed E-state index contributed by atoms with van der Waals surface area (Å²) < 4.78 is 41.2. The van der Waals surface area contributed by atoms with Gasteiger partial charge in [-0.2, -0.15) is 12.7 Å². The third-order valence-corrected chi connectivity index (χ3v) is 5.76. The SMILES string of the molecule is CCN(c1ccc(F)cc1)S(=O)(=O)N1CCCC(CO)C1. The van der Waals surface area contributed by atoms with Gasteiger partial charge in [0.25, 0.3) is 0 Å². The minimum Gasteiger partial charge on any atom is -0.396 e. The Labute approximate surface area is 125 Å². The normalized spacial score (nSPS) is 20.4. The summed E-state index contributed by atoms with van der Waals surface area (Å²) in [7, 11) is -3.65. The summed E-state index contributed by atoms with van der Waals surface area (Å²) in [5.41, 5.74) is 0.449. The van der Waals surface area contributed by atoms with E-state index in [9.17, 15) is 17.9 Å². The summed E-state index contributed by atoms with van der Waals surface area (Å²) in [5.74, 6) is -0.411. The topological polar surface area (TPSA) is 60.9 Å². The zero-order valence-corrected chi connectivity index (χ0v) is 12.9. The van der Waals surface area contributed by atoms with Gasteiger partial charge in [-0.25, -0.2) is 4.39 Å². The minimum absolute atomic E-state index is 0.00526. The lowest BCUT2D eigenvalue weighted by Gasteiger charge is -2.35. The van der Waals surface area contributed by atoms with Crippen LogP contribution in [0.4, 0.5) is 10.1 Å². The molecule has 0 saturated carbocycles. The van der Waals surface area contributed by atoms with Crippen molar-refractivity contribution in [1.82, 2.24) is 4.31 Å². The fourth-order valence-electron chi connectivity index (χ4n) is 2.61. The maximum absolute atomic E-state index is 13.0. The number of aliphatic hydroxyl groups excluding tert-OH is 1. The molecule has 1 aromatic rings. The molecule has 1 aromatic carbocycles. The highest BCUT2D eigenvalue weighted by Crippen LogP contribution is 2.25. The number of piperidine rings is 1. The molecule has 118 valence electrons. The summed E-state index contributed by atoms with van der Waals surface area (Å²) in [6.07, 6.45) is 1.58. The quantitative estimate of drug-likeness (QED) is 0.897. The monoisotopic (exact) mass is 316 g/mol. The molecule has 0 bridgehead atoms. The zero-order valence-electron chi connectivity index (χ0n) is 12.1. The van der Waals surface area contributed by atoms with Crippen molar-refractivity contribution < 1.29 is 17.9 Å². The molecular weight excluding hydrogens is 295 g/mol. The second-order valence-electron chi connectivity index (χ2n) is 5.20. The van der Waals surface area contributed by atoms with Crippen LogP contribution < -0.4 is 4.31 Å². The molecule has 1 N–H and O–H groups in total. The number of halogens is 1. The van der Waals surface area contributed by atoms with Crippen LogP contribution in [-0.2, 0) is 10.2 Å². The number of hydrogen-bond acceptors (Lipinski definition) is 3. The van der Waals surface area contributed by atoms with Crippen LogP contribution in [0, 0.1) is 11.7 Å². The molecule has 7 heteroatoms. The molecule has 1 aliphatic heterocycles. The molecule has 0 spiro atoms. The summed E-state index contributed by atoms with van der Waals surface area (Å²) in [6, 6.07) is 5.42. The van der Waals surface area contributed by atoms with E-state index in [2.05, 4.69) is 0 Å². The van der Waals surface area contributed by atoms with E-state index in [-0.39, 0.29) is 19.1 Å². The molecule has 1 fully saturated rings. The van der Waals surface area contributed by atoms with Gasteiger partial charge in [0.05, 0.1) is 5.69 Å². The number of anilines is 1. The molecule has 1 unspecified atom stereocenters. The third kappa shape index (κ3) is 3.53. The summed E-state index contributed by atoms with van der Waals surface area (Å²) in [5, 5.41) is 9.24. The van der Waals surface area contributed by atoms with E-state index in [4.69, 9.17) is 0 Å². The van der Waals surface area contributed by atoms with Gasteiger partial charge in [0, 0.05) is 26.2 Å². The molecule has 5 nitrogen and oxygen atoms in total. The van der Waals surface area contributed by atoms with Crippen LogP contribution in [0.25, 0.3) is 0 Å². The number of rotatable bonds is 5. The first-order valence-electron chi connectivity index (χ1n) is 7.13. The Hall–Kier alpha value is -1.18. The molecular formula is C14H21FN2O3S. The molecule has 1 atom stereocenters. The van der Waals surface area contributed by atoms with Crippen LogP contribution >= 0.6 is 0 Å². The van der Waals surface area contributed by atoms with Gasteiger partial charge in [0.15, 0.2) is 0 Å². The van der Waals surface area contributed by atoms with Gasteiger partial charge in [-0.1, -0.05) is 0 Å². The molecule has 0 aliphatic carbocycles. The Bertz CT molecular complexity index is 562. The summed E-state index contributed by atoms with van der Waals surface area (Å²) in [4.78, 5) is 0.